The average molecular weight is 410 g/mol. The topological polar surface area (TPSA) is 93.4 Å². The summed E-state index contributed by atoms with van der Waals surface area (Å²) in [4.78, 5) is 52.1. The maximum absolute atomic E-state index is 12.9. The van der Waals surface area contributed by atoms with Gasteiger partial charge in [0.15, 0.2) is 0 Å². The maximum atomic E-state index is 12.9. The van der Waals surface area contributed by atoms with E-state index in [2.05, 4.69) is 5.32 Å². The van der Waals surface area contributed by atoms with Crippen molar-refractivity contribution in [1.82, 2.24) is 14.3 Å². The van der Waals surface area contributed by atoms with Gasteiger partial charge in [-0.15, -0.1) is 0 Å². The highest BCUT2D eigenvalue weighted by Crippen LogP contribution is 2.45. The quantitative estimate of drug-likeness (QED) is 0.782. The molecule has 2 heterocycles. The van der Waals surface area contributed by atoms with E-state index in [0.29, 0.717) is 24.2 Å². The molecule has 2 aromatic rings. The molecule has 30 heavy (non-hydrogen) atoms. The molecular weight excluding hydrogens is 384 g/mol. The molecule has 1 saturated heterocycles. The van der Waals surface area contributed by atoms with Gasteiger partial charge in [-0.05, 0) is 31.9 Å². The minimum atomic E-state index is -0.627. The summed E-state index contributed by atoms with van der Waals surface area (Å²) in [6, 6.07) is 9.12. The standard InChI is InChI=1S/C22H26N4O4/c1-15-19(20(29)26(24(15)2)16-9-5-3-6-10-16)23-17(27)14-25-18(28)13-22(21(25)30)11-7-4-8-12-22/h3,5-6,9-10H,4,7-8,11-14H2,1-2H3,(H,23,27). The Morgan fingerprint density at radius 1 is 1.07 bits per heavy atom. The van der Waals surface area contributed by atoms with Gasteiger partial charge in [-0.1, -0.05) is 37.5 Å². The minimum absolute atomic E-state index is 0.151. The minimum Gasteiger partial charge on any atom is -0.318 e. The molecule has 8 nitrogen and oxygen atoms in total. The molecule has 2 fully saturated rings. The number of hydrogen-bond donors (Lipinski definition) is 1. The number of amides is 3. The fourth-order valence-corrected chi connectivity index (χ4v) is 4.67. The Morgan fingerprint density at radius 2 is 1.73 bits per heavy atom. The molecule has 3 amide bonds. The van der Waals surface area contributed by atoms with E-state index in [-0.39, 0.29) is 36.0 Å². The van der Waals surface area contributed by atoms with Crippen LogP contribution >= 0.6 is 0 Å². The van der Waals surface area contributed by atoms with Crippen molar-refractivity contribution >= 4 is 23.4 Å². The summed E-state index contributed by atoms with van der Waals surface area (Å²) in [5.41, 5.74) is 0.422. The largest absolute Gasteiger partial charge is 0.318 e. The van der Waals surface area contributed by atoms with Crippen LogP contribution in [0.2, 0.25) is 0 Å². The molecule has 2 aliphatic rings. The van der Waals surface area contributed by atoms with Gasteiger partial charge in [0.1, 0.15) is 12.2 Å². The summed E-state index contributed by atoms with van der Waals surface area (Å²) in [6.07, 6.45) is 4.53. The van der Waals surface area contributed by atoms with Crippen molar-refractivity contribution in [2.45, 2.75) is 45.4 Å². The highest BCUT2D eigenvalue weighted by molar-refractivity contribution is 6.09. The van der Waals surface area contributed by atoms with Gasteiger partial charge >= 0.3 is 0 Å². The van der Waals surface area contributed by atoms with Crippen molar-refractivity contribution in [3.8, 4) is 5.69 Å². The number of anilines is 1. The van der Waals surface area contributed by atoms with Crippen LogP contribution in [0.1, 0.15) is 44.2 Å². The molecule has 1 aromatic heterocycles. The molecule has 1 aromatic carbocycles. The van der Waals surface area contributed by atoms with Gasteiger partial charge in [-0.3, -0.25) is 28.8 Å². The first-order chi connectivity index (χ1) is 14.3. The third kappa shape index (κ3) is 3.26. The highest BCUT2D eigenvalue weighted by atomic mass is 16.2. The van der Waals surface area contributed by atoms with Gasteiger partial charge in [0.05, 0.1) is 16.8 Å². The molecule has 8 heteroatoms. The van der Waals surface area contributed by atoms with Crippen LogP contribution in [0.5, 0.6) is 0 Å². The summed E-state index contributed by atoms with van der Waals surface area (Å²) in [5, 5.41) is 2.63. The van der Waals surface area contributed by atoms with Crippen LogP contribution in [0, 0.1) is 12.3 Å². The van der Waals surface area contributed by atoms with Crippen molar-refractivity contribution in [3.05, 3.63) is 46.4 Å². The molecular formula is C22H26N4O4. The number of aromatic nitrogens is 2. The van der Waals surface area contributed by atoms with Gasteiger partial charge in [-0.2, -0.15) is 0 Å². The molecule has 0 atom stereocenters. The van der Waals surface area contributed by atoms with Crippen LogP contribution in [0.4, 0.5) is 5.69 Å². The number of imide groups is 1. The first-order valence-corrected chi connectivity index (χ1v) is 10.3. The monoisotopic (exact) mass is 410 g/mol. The highest BCUT2D eigenvalue weighted by Gasteiger charge is 2.51. The number of rotatable bonds is 4. The van der Waals surface area contributed by atoms with Crippen molar-refractivity contribution in [2.24, 2.45) is 12.5 Å². The average Bonchev–Trinajstić information content (AvgIpc) is 3.08. The number of nitrogens with zero attached hydrogens (tertiary/aromatic N) is 3. The van der Waals surface area contributed by atoms with Crippen LogP contribution in [0.25, 0.3) is 5.69 Å². The van der Waals surface area contributed by atoms with E-state index in [1.54, 1.807) is 30.8 Å². The number of nitrogens with one attached hydrogen (secondary N) is 1. The zero-order valence-corrected chi connectivity index (χ0v) is 17.3. The Hall–Kier alpha value is -3.16. The lowest BCUT2D eigenvalue weighted by atomic mass is 9.73. The van der Waals surface area contributed by atoms with Crippen LogP contribution in [0.15, 0.2) is 35.1 Å². The fourth-order valence-electron chi connectivity index (χ4n) is 4.67. The van der Waals surface area contributed by atoms with E-state index < -0.39 is 11.3 Å². The van der Waals surface area contributed by atoms with Gasteiger partial charge in [0.2, 0.25) is 17.7 Å². The van der Waals surface area contributed by atoms with Crippen LogP contribution in [-0.2, 0) is 21.4 Å². The van der Waals surface area contributed by atoms with E-state index in [9.17, 15) is 19.2 Å². The molecule has 1 aliphatic heterocycles. The van der Waals surface area contributed by atoms with Crippen molar-refractivity contribution in [2.75, 3.05) is 11.9 Å². The molecule has 1 aliphatic carbocycles. The Kier molecular flexibility index (Phi) is 5.09. The van der Waals surface area contributed by atoms with Crippen LogP contribution < -0.4 is 10.9 Å². The zero-order chi connectivity index (χ0) is 21.5. The third-order valence-electron chi connectivity index (χ3n) is 6.42. The second-order valence-corrected chi connectivity index (χ2v) is 8.29. The lowest BCUT2D eigenvalue weighted by Gasteiger charge is -2.30. The van der Waals surface area contributed by atoms with E-state index in [4.69, 9.17) is 0 Å². The van der Waals surface area contributed by atoms with Crippen molar-refractivity contribution < 1.29 is 14.4 Å². The normalized spacial score (nSPS) is 18.3. The van der Waals surface area contributed by atoms with Gasteiger partial charge in [-0.25, -0.2) is 4.68 Å². The molecule has 4 rings (SSSR count). The maximum Gasteiger partial charge on any atom is 0.295 e. The van der Waals surface area contributed by atoms with E-state index in [0.717, 1.165) is 24.2 Å². The SMILES string of the molecule is Cc1c(NC(=O)CN2C(=O)CC3(CCCCC3)C2=O)c(=O)n(-c2ccccc2)n1C. The number of hydrogen-bond acceptors (Lipinski definition) is 4. The summed E-state index contributed by atoms with van der Waals surface area (Å²) < 4.78 is 3.13. The van der Waals surface area contributed by atoms with Gasteiger partial charge in [0.25, 0.3) is 5.56 Å². The van der Waals surface area contributed by atoms with Crippen molar-refractivity contribution in [3.63, 3.8) is 0 Å². The summed E-state index contributed by atoms with van der Waals surface area (Å²) >= 11 is 0. The predicted octanol–water partition coefficient (Wildman–Crippen LogP) is 2.13. The van der Waals surface area contributed by atoms with Gasteiger partial charge in [0, 0.05) is 13.5 Å². The number of likely N-dealkylation sites (tertiary alicyclic amines) is 1. The summed E-state index contributed by atoms with van der Waals surface area (Å²) in [5.74, 6) is -1.09. The third-order valence-corrected chi connectivity index (χ3v) is 6.42. The number of carbonyl (C=O) groups excluding carboxylic acids is 3. The molecule has 1 spiro atoms. The van der Waals surface area contributed by atoms with E-state index in [1.165, 1.54) is 4.68 Å². The Bertz CT molecular complexity index is 1060. The smallest absolute Gasteiger partial charge is 0.295 e. The first-order valence-electron chi connectivity index (χ1n) is 10.3. The molecule has 158 valence electrons. The number of para-hydroxylation sites is 1. The summed E-state index contributed by atoms with van der Waals surface area (Å²) in [6.45, 7) is 1.37. The lowest BCUT2D eigenvalue weighted by molar-refractivity contribution is -0.144. The second-order valence-electron chi connectivity index (χ2n) is 8.29. The van der Waals surface area contributed by atoms with Crippen LogP contribution in [-0.4, -0.2) is 38.5 Å². The molecule has 1 saturated carbocycles. The Morgan fingerprint density at radius 3 is 2.40 bits per heavy atom. The zero-order valence-electron chi connectivity index (χ0n) is 17.3. The Balaban J connectivity index is 1.53. The van der Waals surface area contributed by atoms with Crippen molar-refractivity contribution in [1.29, 1.82) is 0 Å². The first kappa shape index (κ1) is 20.1. The van der Waals surface area contributed by atoms with E-state index >= 15 is 0 Å². The molecule has 0 radical (unpaired) electrons. The number of carbonyl (C=O) groups is 3. The number of benzene rings is 1. The lowest BCUT2D eigenvalue weighted by Crippen LogP contribution is -2.41. The van der Waals surface area contributed by atoms with Gasteiger partial charge < -0.3 is 5.32 Å². The summed E-state index contributed by atoms with van der Waals surface area (Å²) in [7, 11) is 1.74. The van der Waals surface area contributed by atoms with Crippen LogP contribution in [0.3, 0.4) is 0 Å². The second kappa shape index (κ2) is 7.59. The molecule has 0 unspecified atom stereocenters. The molecule has 1 N–H and O–H groups in total. The molecule has 0 bridgehead atoms. The van der Waals surface area contributed by atoms with E-state index in [1.807, 2.05) is 18.2 Å². The Labute approximate surface area is 174 Å². The fraction of sp³-hybridized carbons (Fsp3) is 0.455. The predicted molar refractivity (Wildman–Crippen MR) is 111 cm³/mol.